The number of oxazole rings is 1. The van der Waals surface area contributed by atoms with Gasteiger partial charge in [-0.1, -0.05) is 6.08 Å². The Morgan fingerprint density at radius 2 is 2.67 bits per heavy atom. The van der Waals surface area contributed by atoms with E-state index < -0.39 is 0 Å². The van der Waals surface area contributed by atoms with E-state index in [0.29, 0.717) is 5.89 Å². The summed E-state index contributed by atoms with van der Waals surface area (Å²) in [7, 11) is 0. The van der Waals surface area contributed by atoms with Crippen LogP contribution in [0.4, 0.5) is 0 Å². The van der Waals surface area contributed by atoms with Gasteiger partial charge in [0.2, 0.25) is 5.89 Å². The lowest BCUT2D eigenvalue weighted by Crippen LogP contribution is -1.65. The van der Waals surface area contributed by atoms with Gasteiger partial charge in [-0.3, -0.25) is 0 Å². The Morgan fingerprint density at radius 1 is 1.78 bits per heavy atom. The molecule has 0 bridgehead atoms. The number of hydrogen-bond acceptors (Lipinski definition) is 2. The fourth-order valence-electron chi connectivity index (χ4n) is 0.501. The van der Waals surface area contributed by atoms with E-state index in [1.54, 1.807) is 18.5 Å². The smallest absolute Gasteiger partial charge is 0.218 e. The van der Waals surface area contributed by atoms with E-state index in [4.69, 9.17) is 4.42 Å². The summed E-state index contributed by atoms with van der Waals surface area (Å²) in [6.07, 6.45) is 7.62. The van der Waals surface area contributed by atoms with Gasteiger partial charge in [0.15, 0.2) is 0 Å². The largest absolute Gasteiger partial charge is 0.445 e. The highest BCUT2D eigenvalue weighted by Crippen LogP contribution is 1.97. The molecule has 0 saturated carbocycles. The molecule has 0 N–H and O–H groups in total. The van der Waals surface area contributed by atoms with Crippen molar-refractivity contribution in [2.45, 2.75) is 6.42 Å². The average molecular weight is 122 g/mol. The Labute approximate surface area is 54.2 Å². The Morgan fingerprint density at radius 3 is 3.22 bits per heavy atom. The van der Waals surface area contributed by atoms with Crippen molar-refractivity contribution in [1.82, 2.24) is 4.98 Å². The minimum atomic E-state index is 0.638. The number of allylic oxidation sites excluding steroid dienone is 1. The van der Waals surface area contributed by atoms with Crippen molar-refractivity contribution in [1.29, 1.82) is 0 Å². The zero-order valence-electron chi connectivity index (χ0n) is 5.08. The second-order valence-corrected chi connectivity index (χ2v) is 1.56. The molecule has 2 nitrogen and oxygen atoms in total. The van der Waals surface area contributed by atoms with E-state index in [-0.39, 0.29) is 0 Å². The highest BCUT2D eigenvalue weighted by atomic mass is 16.3. The van der Waals surface area contributed by atoms with E-state index >= 15 is 0 Å². The van der Waals surface area contributed by atoms with Crippen LogP contribution in [0.15, 0.2) is 23.0 Å². The van der Waals surface area contributed by atoms with Gasteiger partial charge < -0.3 is 4.42 Å². The quantitative estimate of drug-likeness (QED) is 0.598. The van der Waals surface area contributed by atoms with Crippen LogP contribution in [0.1, 0.15) is 12.3 Å². The molecule has 2 heteroatoms. The number of hydrogen-bond donors (Lipinski definition) is 0. The molecule has 1 rings (SSSR count). The first-order valence-corrected chi connectivity index (χ1v) is 2.79. The van der Waals surface area contributed by atoms with Crippen LogP contribution in [0, 0.1) is 6.92 Å². The molecule has 0 atom stereocenters. The van der Waals surface area contributed by atoms with Crippen LogP contribution in [-0.4, -0.2) is 4.98 Å². The van der Waals surface area contributed by atoms with E-state index in [1.807, 2.05) is 6.08 Å². The summed E-state index contributed by atoms with van der Waals surface area (Å²) in [5.74, 6) is 0.638. The molecular formula is C7H8NO. The fourth-order valence-corrected chi connectivity index (χ4v) is 0.501. The normalized spacial score (nSPS) is 10.8. The standard InChI is InChI=1S/C7H8NO/c1-2-3-4-7-8-5-6-9-7/h3-6H,1-2H2/b4-3+. The average Bonchev–Trinajstić information content (AvgIpc) is 2.34. The molecule has 47 valence electrons. The van der Waals surface area contributed by atoms with Crippen LogP contribution in [-0.2, 0) is 0 Å². The minimum Gasteiger partial charge on any atom is -0.445 e. The van der Waals surface area contributed by atoms with Crippen molar-refractivity contribution >= 4 is 6.08 Å². The Bertz CT molecular complexity index is 177. The van der Waals surface area contributed by atoms with Crippen LogP contribution < -0.4 is 0 Å². The Hall–Kier alpha value is -1.05. The molecular weight excluding hydrogens is 114 g/mol. The first kappa shape index (κ1) is 6.08. The molecule has 0 amide bonds. The van der Waals surface area contributed by atoms with Gasteiger partial charge in [-0.05, 0) is 19.4 Å². The summed E-state index contributed by atoms with van der Waals surface area (Å²) in [6.45, 7) is 3.63. The van der Waals surface area contributed by atoms with Crippen molar-refractivity contribution in [3.05, 3.63) is 31.4 Å². The van der Waals surface area contributed by atoms with Gasteiger partial charge in [-0.2, -0.15) is 0 Å². The monoisotopic (exact) mass is 122 g/mol. The van der Waals surface area contributed by atoms with Gasteiger partial charge >= 0.3 is 0 Å². The van der Waals surface area contributed by atoms with E-state index in [9.17, 15) is 0 Å². The molecule has 1 aromatic heterocycles. The van der Waals surface area contributed by atoms with Crippen LogP contribution in [0.2, 0.25) is 0 Å². The van der Waals surface area contributed by atoms with Crippen LogP contribution in [0.25, 0.3) is 6.08 Å². The molecule has 0 saturated heterocycles. The van der Waals surface area contributed by atoms with Gasteiger partial charge in [0.1, 0.15) is 6.26 Å². The lowest BCUT2D eigenvalue weighted by molar-refractivity contribution is 0.546. The maximum atomic E-state index is 4.91. The zero-order valence-corrected chi connectivity index (χ0v) is 5.08. The van der Waals surface area contributed by atoms with Crippen LogP contribution in [0.5, 0.6) is 0 Å². The van der Waals surface area contributed by atoms with Crippen molar-refractivity contribution in [3.63, 3.8) is 0 Å². The lowest BCUT2D eigenvalue weighted by Gasteiger charge is -1.77. The second-order valence-electron chi connectivity index (χ2n) is 1.56. The van der Waals surface area contributed by atoms with Crippen LogP contribution >= 0.6 is 0 Å². The molecule has 0 unspecified atom stereocenters. The molecule has 0 aromatic carbocycles. The molecule has 0 aliphatic rings. The molecule has 1 heterocycles. The van der Waals surface area contributed by atoms with Gasteiger partial charge in [0.25, 0.3) is 0 Å². The summed E-state index contributed by atoms with van der Waals surface area (Å²) in [6, 6.07) is 0. The first-order chi connectivity index (χ1) is 4.43. The third-order valence-corrected chi connectivity index (χ3v) is 0.879. The lowest BCUT2D eigenvalue weighted by atomic mass is 10.4. The van der Waals surface area contributed by atoms with E-state index in [1.165, 1.54) is 0 Å². The van der Waals surface area contributed by atoms with Crippen molar-refractivity contribution in [3.8, 4) is 0 Å². The third kappa shape index (κ3) is 1.72. The topological polar surface area (TPSA) is 26.0 Å². The number of rotatable bonds is 2. The fraction of sp³-hybridized carbons (Fsp3) is 0.143. The molecule has 9 heavy (non-hydrogen) atoms. The van der Waals surface area contributed by atoms with Gasteiger partial charge in [0, 0.05) is 0 Å². The van der Waals surface area contributed by atoms with Crippen LogP contribution in [0.3, 0.4) is 0 Å². The van der Waals surface area contributed by atoms with Gasteiger partial charge in [-0.25, -0.2) is 4.98 Å². The highest BCUT2D eigenvalue weighted by Gasteiger charge is 1.84. The molecule has 0 fully saturated rings. The molecule has 1 aromatic rings. The molecule has 0 aliphatic heterocycles. The summed E-state index contributed by atoms with van der Waals surface area (Å²) in [5.41, 5.74) is 0. The zero-order chi connectivity index (χ0) is 6.53. The van der Waals surface area contributed by atoms with Gasteiger partial charge in [-0.15, -0.1) is 0 Å². The predicted octanol–water partition coefficient (Wildman–Crippen LogP) is 1.91. The molecule has 1 radical (unpaired) electrons. The Kier molecular flexibility index (Phi) is 2.07. The van der Waals surface area contributed by atoms with E-state index in [0.717, 1.165) is 6.42 Å². The maximum absolute atomic E-state index is 4.91. The molecule has 0 aliphatic carbocycles. The second kappa shape index (κ2) is 3.07. The van der Waals surface area contributed by atoms with Crippen molar-refractivity contribution < 1.29 is 4.42 Å². The summed E-state index contributed by atoms with van der Waals surface area (Å²) in [4.78, 5) is 3.87. The van der Waals surface area contributed by atoms with Crippen molar-refractivity contribution in [2.24, 2.45) is 0 Å². The summed E-state index contributed by atoms with van der Waals surface area (Å²) < 4.78 is 4.91. The summed E-state index contributed by atoms with van der Waals surface area (Å²) in [5, 5.41) is 0. The highest BCUT2D eigenvalue weighted by molar-refractivity contribution is 5.36. The third-order valence-electron chi connectivity index (χ3n) is 0.879. The Balaban J connectivity index is 2.57. The summed E-state index contributed by atoms with van der Waals surface area (Å²) >= 11 is 0. The predicted molar refractivity (Wildman–Crippen MR) is 35.5 cm³/mol. The maximum Gasteiger partial charge on any atom is 0.218 e. The number of nitrogens with zero attached hydrogens (tertiary/aromatic N) is 1. The minimum absolute atomic E-state index is 0.638. The first-order valence-electron chi connectivity index (χ1n) is 2.79. The SMILES string of the molecule is [CH2]C/C=C/c1ncco1. The number of aromatic nitrogens is 1. The van der Waals surface area contributed by atoms with Gasteiger partial charge in [0.05, 0.1) is 6.20 Å². The van der Waals surface area contributed by atoms with E-state index in [2.05, 4.69) is 11.9 Å². The molecule has 0 spiro atoms. The van der Waals surface area contributed by atoms with Crippen molar-refractivity contribution in [2.75, 3.05) is 0 Å².